The van der Waals surface area contributed by atoms with Crippen molar-refractivity contribution in [1.29, 1.82) is 0 Å². The second-order valence-corrected chi connectivity index (χ2v) is 3.58. The van der Waals surface area contributed by atoms with Crippen LogP contribution in [0.5, 0.6) is 0 Å². The van der Waals surface area contributed by atoms with Crippen molar-refractivity contribution >= 4 is 17.9 Å². The molecule has 0 aromatic heterocycles. The molecule has 5 N–H and O–H groups in total. The highest BCUT2D eigenvalue weighted by Crippen LogP contribution is 1.98. The fraction of sp³-hybridized carbons (Fsp3) is 0.545. The third-order valence-corrected chi connectivity index (χ3v) is 1.85. The van der Waals surface area contributed by atoms with Crippen molar-refractivity contribution in [2.75, 3.05) is 0 Å². The van der Waals surface area contributed by atoms with E-state index < -0.39 is 36.5 Å². The van der Waals surface area contributed by atoms with Gasteiger partial charge in [0.05, 0.1) is 12.5 Å². The Balaban J connectivity index is 0. The molecule has 2 unspecified atom stereocenters. The van der Waals surface area contributed by atoms with E-state index in [1.807, 2.05) is 0 Å². The van der Waals surface area contributed by atoms with E-state index in [0.29, 0.717) is 6.42 Å². The first-order valence-corrected chi connectivity index (χ1v) is 5.34. The molecule has 8 heteroatoms. The Labute approximate surface area is 109 Å². The molecule has 2 atom stereocenters. The van der Waals surface area contributed by atoms with Gasteiger partial charge in [-0.2, -0.15) is 0 Å². The maximum Gasteiger partial charge on any atom is 0.333 e. The van der Waals surface area contributed by atoms with Crippen LogP contribution < -0.4 is 0 Å². The molecule has 0 aromatic rings. The number of aliphatic hydroxyl groups is 2. The van der Waals surface area contributed by atoms with E-state index in [1.165, 1.54) is 13.0 Å². The van der Waals surface area contributed by atoms with Crippen LogP contribution in [0.1, 0.15) is 26.7 Å². The average molecular weight is 278 g/mol. The summed E-state index contributed by atoms with van der Waals surface area (Å²) in [4.78, 5) is 29.6. The summed E-state index contributed by atoms with van der Waals surface area (Å²) in [6, 6.07) is 0. The van der Waals surface area contributed by atoms with Crippen LogP contribution in [0.25, 0.3) is 0 Å². The second-order valence-electron chi connectivity index (χ2n) is 3.58. The lowest BCUT2D eigenvalue weighted by molar-refractivity contribution is -0.152. The molecule has 0 aliphatic heterocycles. The zero-order valence-corrected chi connectivity index (χ0v) is 10.6. The minimum Gasteiger partial charge on any atom is -0.481 e. The third kappa shape index (κ3) is 12.3. The maximum atomic E-state index is 10.2. The molecule has 0 amide bonds. The zero-order chi connectivity index (χ0) is 15.6. The summed E-state index contributed by atoms with van der Waals surface area (Å²) in [5.74, 6) is -3.82. The molecule has 0 aromatic carbocycles. The summed E-state index contributed by atoms with van der Waals surface area (Å²) >= 11 is 0. The Hall–Kier alpha value is -1.93. The minimum absolute atomic E-state index is 0.189. The van der Waals surface area contributed by atoms with E-state index >= 15 is 0 Å². The van der Waals surface area contributed by atoms with Crippen molar-refractivity contribution < 1.29 is 39.9 Å². The molecule has 0 bridgehead atoms. The van der Waals surface area contributed by atoms with E-state index in [-0.39, 0.29) is 5.57 Å². The number of rotatable bonds is 6. The molecule has 0 saturated carbocycles. The van der Waals surface area contributed by atoms with Crippen molar-refractivity contribution in [2.24, 2.45) is 0 Å². The fourth-order valence-electron chi connectivity index (χ4n) is 0.730. The Bertz CT molecular complexity index is 347. The largest absolute Gasteiger partial charge is 0.481 e. The van der Waals surface area contributed by atoms with Gasteiger partial charge in [0.1, 0.15) is 0 Å². The van der Waals surface area contributed by atoms with Crippen molar-refractivity contribution in [1.82, 2.24) is 0 Å². The van der Waals surface area contributed by atoms with Crippen molar-refractivity contribution in [2.45, 2.75) is 38.9 Å². The van der Waals surface area contributed by atoms with Crippen LogP contribution >= 0.6 is 0 Å². The molecule has 0 spiro atoms. The van der Waals surface area contributed by atoms with Crippen LogP contribution in [0.4, 0.5) is 0 Å². The van der Waals surface area contributed by atoms with Crippen molar-refractivity contribution in [3.63, 3.8) is 0 Å². The molecule has 0 aliphatic rings. The molecule has 110 valence electrons. The highest BCUT2D eigenvalue weighted by molar-refractivity contribution is 5.85. The number of aliphatic hydroxyl groups excluding tert-OH is 2. The number of aliphatic carboxylic acids is 3. The first kappa shape index (κ1) is 19.4. The molecule has 19 heavy (non-hydrogen) atoms. The van der Waals surface area contributed by atoms with Gasteiger partial charge in [-0.15, -0.1) is 0 Å². The van der Waals surface area contributed by atoms with Crippen molar-refractivity contribution in [3.05, 3.63) is 11.6 Å². The smallest absolute Gasteiger partial charge is 0.333 e. The number of carboxylic acids is 3. The predicted molar refractivity (Wildman–Crippen MR) is 63.6 cm³/mol. The van der Waals surface area contributed by atoms with Gasteiger partial charge in [-0.3, -0.25) is 4.79 Å². The van der Waals surface area contributed by atoms with Gasteiger partial charge >= 0.3 is 17.9 Å². The minimum atomic E-state index is -1.79. The van der Waals surface area contributed by atoms with E-state index in [9.17, 15) is 14.4 Å². The van der Waals surface area contributed by atoms with Gasteiger partial charge < -0.3 is 25.5 Å². The summed E-state index contributed by atoms with van der Waals surface area (Å²) in [5.41, 5.74) is 0.189. The molecular weight excluding hydrogens is 260 g/mol. The van der Waals surface area contributed by atoms with Crippen LogP contribution in [-0.4, -0.2) is 55.6 Å². The van der Waals surface area contributed by atoms with Crippen LogP contribution in [0.2, 0.25) is 0 Å². The Morgan fingerprint density at radius 3 is 1.79 bits per heavy atom. The number of carboxylic acid groups (broad SMARTS) is 3. The number of hydrogen-bond acceptors (Lipinski definition) is 5. The molecule has 0 rings (SSSR count). The fourth-order valence-corrected chi connectivity index (χ4v) is 0.730. The lowest BCUT2D eigenvalue weighted by atomic mass is 10.2. The molecule has 0 aliphatic carbocycles. The molecule has 0 radical (unpaired) electrons. The number of carbonyl (C=O) groups is 3. The van der Waals surface area contributed by atoms with Gasteiger partial charge in [0.25, 0.3) is 0 Å². The monoisotopic (exact) mass is 278 g/mol. The van der Waals surface area contributed by atoms with Crippen LogP contribution in [0.15, 0.2) is 11.6 Å². The molecular formula is C11H18O8. The second kappa shape index (κ2) is 10.0. The molecule has 0 heterocycles. The maximum absolute atomic E-state index is 10.2. The summed E-state index contributed by atoms with van der Waals surface area (Å²) < 4.78 is 0. The first-order valence-electron chi connectivity index (χ1n) is 5.34. The summed E-state index contributed by atoms with van der Waals surface area (Å²) in [7, 11) is 0. The van der Waals surface area contributed by atoms with Gasteiger partial charge in [-0.25, -0.2) is 9.59 Å². The Morgan fingerprint density at radius 2 is 1.58 bits per heavy atom. The molecule has 0 fully saturated rings. The highest BCUT2D eigenvalue weighted by atomic mass is 16.4. The zero-order valence-electron chi connectivity index (χ0n) is 10.6. The SMILES string of the molecule is CCC(O)C=C(C)C(=O)O.O=C(O)CC(O)C(=O)O. The van der Waals surface area contributed by atoms with Crippen molar-refractivity contribution in [3.8, 4) is 0 Å². The van der Waals surface area contributed by atoms with Gasteiger partial charge in [-0.05, 0) is 19.4 Å². The van der Waals surface area contributed by atoms with Gasteiger partial charge in [0.2, 0.25) is 0 Å². The first-order chi connectivity index (χ1) is 8.61. The summed E-state index contributed by atoms with van der Waals surface area (Å²) in [6.45, 7) is 3.25. The summed E-state index contributed by atoms with van der Waals surface area (Å²) in [6.07, 6.45) is -1.29. The normalized spacial score (nSPS) is 13.8. The topological polar surface area (TPSA) is 152 Å². The van der Waals surface area contributed by atoms with Crippen LogP contribution in [0.3, 0.4) is 0 Å². The quantitative estimate of drug-likeness (QED) is 0.415. The predicted octanol–water partition coefficient (Wildman–Crippen LogP) is -0.305. The standard InChI is InChI=1S/C7H12O3.C4H6O5/c1-3-6(8)4-5(2)7(9)10;5-2(4(8)9)1-3(6)7/h4,6,8H,3H2,1-2H3,(H,9,10);2,5H,1H2,(H,6,7)(H,8,9). The summed E-state index contributed by atoms with van der Waals surface area (Å²) in [5, 5.41) is 41.4. The van der Waals surface area contributed by atoms with Crippen LogP contribution in [0, 0.1) is 0 Å². The third-order valence-electron chi connectivity index (χ3n) is 1.85. The van der Waals surface area contributed by atoms with E-state index in [0.717, 1.165) is 0 Å². The Kier molecular flexibility index (Phi) is 10.3. The van der Waals surface area contributed by atoms with E-state index in [2.05, 4.69) is 0 Å². The molecule has 8 nitrogen and oxygen atoms in total. The van der Waals surface area contributed by atoms with Crippen LogP contribution in [-0.2, 0) is 14.4 Å². The number of hydrogen-bond donors (Lipinski definition) is 5. The van der Waals surface area contributed by atoms with E-state index in [4.69, 9.17) is 25.5 Å². The average Bonchev–Trinajstić information content (AvgIpc) is 2.28. The molecule has 0 saturated heterocycles. The van der Waals surface area contributed by atoms with Gasteiger partial charge in [-0.1, -0.05) is 6.92 Å². The lowest BCUT2D eigenvalue weighted by Gasteiger charge is -1.99. The van der Waals surface area contributed by atoms with Gasteiger partial charge in [0, 0.05) is 5.57 Å². The lowest BCUT2D eigenvalue weighted by Crippen LogP contribution is -2.22. The Morgan fingerprint density at radius 1 is 1.11 bits per heavy atom. The van der Waals surface area contributed by atoms with E-state index in [1.54, 1.807) is 6.92 Å². The van der Waals surface area contributed by atoms with Gasteiger partial charge in [0.15, 0.2) is 6.10 Å². The highest BCUT2D eigenvalue weighted by Gasteiger charge is 2.16.